The first-order chi connectivity index (χ1) is 26.9. The van der Waals surface area contributed by atoms with Gasteiger partial charge in [-0.2, -0.15) is 0 Å². The number of hydrogen-bond donors (Lipinski definition) is 1. The van der Waals surface area contributed by atoms with E-state index in [1.165, 1.54) is 0 Å². The highest BCUT2D eigenvalue weighted by atomic mass is 16.7. The first-order valence-electron chi connectivity index (χ1n) is 18.8. The fraction of sp³-hybridized carbons (Fsp3) is 0.429. The molecule has 1 N–H and O–H groups in total. The molecule has 1 amide bonds. The maximum Gasteiger partial charge on any atom is 0.514 e. The SMILES string of the molecule is CCc1c2c(nc3ccc(OC(=O)OC(C)(C)C)cc13)-c1cc3c(c(=O)n1C2)COC(=O)[C@@]3(CC)OC(=O)COc1ccc(OCCNC(=O)OC(C)(C)C)cc1. The van der Waals surface area contributed by atoms with Gasteiger partial charge in [-0.05, 0) is 108 Å². The summed E-state index contributed by atoms with van der Waals surface area (Å²) in [5.74, 6) is -0.511. The molecule has 0 unspecified atom stereocenters. The van der Waals surface area contributed by atoms with Gasteiger partial charge in [-0.15, -0.1) is 0 Å². The molecule has 0 bridgehead atoms. The van der Waals surface area contributed by atoms with Crippen LogP contribution in [0.25, 0.3) is 22.3 Å². The molecule has 0 saturated carbocycles. The van der Waals surface area contributed by atoms with Gasteiger partial charge in [-0.3, -0.25) is 4.79 Å². The molecular weight excluding hydrogens is 738 g/mol. The number of nitrogens with one attached hydrogen (secondary N) is 1. The molecule has 4 heterocycles. The number of aromatic nitrogens is 2. The van der Waals surface area contributed by atoms with E-state index in [0.29, 0.717) is 34.8 Å². The normalized spacial score (nSPS) is 15.8. The second-order valence-corrected chi connectivity index (χ2v) is 15.6. The second kappa shape index (κ2) is 15.8. The van der Waals surface area contributed by atoms with Gasteiger partial charge in [0.1, 0.15) is 41.7 Å². The van der Waals surface area contributed by atoms with Crippen molar-refractivity contribution in [3.63, 3.8) is 0 Å². The minimum Gasteiger partial charge on any atom is -0.492 e. The van der Waals surface area contributed by atoms with Crippen LogP contribution in [0.1, 0.15) is 84.1 Å². The Labute approximate surface area is 329 Å². The van der Waals surface area contributed by atoms with Gasteiger partial charge in [0.25, 0.3) is 5.56 Å². The number of ether oxygens (including phenoxy) is 7. The monoisotopic (exact) mass is 785 g/mol. The number of esters is 2. The van der Waals surface area contributed by atoms with Crippen LogP contribution in [-0.4, -0.2) is 64.7 Å². The molecule has 2 aromatic carbocycles. The number of nitrogens with zero attached hydrogens (tertiary/aromatic N) is 2. The number of alkyl carbamates (subject to hydrolysis) is 1. The zero-order valence-corrected chi connectivity index (χ0v) is 33.4. The number of carbonyl (C=O) groups is 4. The number of benzene rings is 2. The highest BCUT2D eigenvalue weighted by molar-refractivity contribution is 5.91. The zero-order valence-electron chi connectivity index (χ0n) is 33.4. The molecule has 0 fully saturated rings. The summed E-state index contributed by atoms with van der Waals surface area (Å²) in [4.78, 5) is 70.1. The molecule has 15 nitrogen and oxygen atoms in total. The first-order valence-corrected chi connectivity index (χ1v) is 18.8. The van der Waals surface area contributed by atoms with E-state index in [1.54, 1.807) is 102 Å². The van der Waals surface area contributed by atoms with Crippen molar-refractivity contribution in [1.29, 1.82) is 0 Å². The molecule has 2 aromatic heterocycles. The van der Waals surface area contributed by atoms with E-state index in [1.807, 2.05) is 6.92 Å². The number of rotatable bonds is 11. The Bertz CT molecular complexity index is 2290. The molecule has 2 aliphatic heterocycles. The number of aryl methyl sites for hydroxylation is 1. The van der Waals surface area contributed by atoms with E-state index in [0.717, 1.165) is 16.5 Å². The van der Waals surface area contributed by atoms with Gasteiger partial charge in [-0.25, -0.2) is 24.2 Å². The van der Waals surface area contributed by atoms with Crippen LogP contribution in [0.5, 0.6) is 17.2 Å². The molecule has 0 spiro atoms. The van der Waals surface area contributed by atoms with E-state index in [4.69, 9.17) is 38.1 Å². The van der Waals surface area contributed by atoms with Crippen molar-refractivity contribution in [3.8, 4) is 28.6 Å². The summed E-state index contributed by atoms with van der Waals surface area (Å²) in [6.45, 7) is 14.0. The summed E-state index contributed by atoms with van der Waals surface area (Å²) >= 11 is 0. The predicted molar refractivity (Wildman–Crippen MR) is 206 cm³/mol. The van der Waals surface area contributed by atoms with Crippen LogP contribution in [0, 0.1) is 0 Å². The topological polar surface area (TPSA) is 180 Å². The van der Waals surface area contributed by atoms with Crippen LogP contribution < -0.4 is 25.1 Å². The Morgan fingerprint density at radius 2 is 1.54 bits per heavy atom. The van der Waals surface area contributed by atoms with E-state index in [2.05, 4.69) is 5.32 Å². The molecule has 302 valence electrons. The number of hydrogen-bond acceptors (Lipinski definition) is 13. The Hall–Kier alpha value is -6.12. The van der Waals surface area contributed by atoms with Crippen LogP contribution >= 0.6 is 0 Å². The molecule has 6 rings (SSSR count). The highest BCUT2D eigenvalue weighted by Crippen LogP contribution is 2.42. The van der Waals surface area contributed by atoms with Gasteiger partial charge in [-0.1, -0.05) is 13.8 Å². The molecule has 0 saturated heterocycles. The lowest BCUT2D eigenvalue weighted by Gasteiger charge is -2.35. The third kappa shape index (κ3) is 8.82. The molecule has 1 atom stereocenters. The first kappa shape index (κ1) is 40.5. The van der Waals surface area contributed by atoms with Crippen molar-refractivity contribution in [2.24, 2.45) is 0 Å². The van der Waals surface area contributed by atoms with Crippen LogP contribution in [0.15, 0.2) is 53.3 Å². The molecule has 57 heavy (non-hydrogen) atoms. The third-order valence-electron chi connectivity index (χ3n) is 9.20. The summed E-state index contributed by atoms with van der Waals surface area (Å²) in [5, 5.41) is 3.37. The Balaban J connectivity index is 1.19. The number of pyridine rings is 2. The van der Waals surface area contributed by atoms with Crippen molar-refractivity contribution < 1.29 is 52.3 Å². The maximum absolute atomic E-state index is 14.1. The van der Waals surface area contributed by atoms with E-state index in [9.17, 15) is 24.0 Å². The van der Waals surface area contributed by atoms with E-state index < -0.39 is 47.6 Å². The Morgan fingerprint density at radius 3 is 2.19 bits per heavy atom. The van der Waals surface area contributed by atoms with E-state index in [-0.39, 0.29) is 55.2 Å². The van der Waals surface area contributed by atoms with Crippen LogP contribution in [0.3, 0.4) is 0 Å². The Kier molecular flexibility index (Phi) is 11.2. The van der Waals surface area contributed by atoms with Gasteiger partial charge < -0.3 is 43.0 Å². The predicted octanol–water partition coefficient (Wildman–Crippen LogP) is 6.49. The fourth-order valence-corrected chi connectivity index (χ4v) is 6.77. The van der Waals surface area contributed by atoms with Gasteiger partial charge >= 0.3 is 24.2 Å². The third-order valence-corrected chi connectivity index (χ3v) is 9.20. The molecule has 0 aliphatic carbocycles. The quantitative estimate of drug-likeness (QED) is 0.0665. The summed E-state index contributed by atoms with van der Waals surface area (Å²) in [6.07, 6.45) is -0.799. The molecule has 2 aliphatic rings. The highest BCUT2D eigenvalue weighted by Gasteiger charge is 2.50. The van der Waals surface area contributed by atoms with Crippen LogP contribution in [0.4, 0.5) is 9.59 Å². The number of fused-ring (bicyclic) bond motifs is 5. The standard InChI is InChI=1S/C42H47N3O12/c1-9-27-28-19-26(54-39(50)57-41(6,7)8)15-16-32(28)44-35-29(27)21-45-33(35)20-31-30(36(45)47)22-53-37(48)42(31,10-2)55-34(46)23-52-25-13-11-24(12-14-25)51-18-17-43-38(49)56-40(3,4)5/h11-16,19-20H,9-10,17-18,21-23H2,1-8H3,(H,43,49)/t42-/m0/s1. The van der Waals surface area contributed by atoms with Crippen molar-refractivity contribution in [1.82, 2.24) is 14.9 Å². The molecule has 4 aromatic rings. The smallest absolute Gasteiger partial charge is 0.492 e. The van der Waals surface area contributed by atoms with Crippen LogP contribution in [0.2, 0.25) is 0 Å². The second-order valence-electron chi connectivity index (χ2n) is 15.6. The van der Waals surface area contributed by atoms with E-state index >= 15 is 0 Å². The average Bonchev–Trinajstić information content (AvgIpc) is 3.50. The largest absolute Gasteiger partial charge is 0.514 e. The zero-order chi connectivity index (χ0) is 41.3. The maximum atomic E-state index is 14.1. The summed E-state index contributed by atoms with van der Waals surface area (Å²) < 4.78 is 40.2. The van der Waals surface area contributed by atoms with Crippen molar-refractivity contribution in [2.75, 3.05) is 19.8 Å². The number of cyclic esters (lactones) is 1. The summed E-state index contributed by atoms with van der Waals surface area (Å²) in [7, 11) is 0. The average molecular weight is 786 g/mol. The van der Waals surface area contributed by atoms with Gasteiger partial charge in [0, 0.05) is 16.5 Å². The summed E-state index contributed by atoms with van der Waals surface area (Å²) in [6, 6.07) is 13.3. The van der Waals surface area contributed by atoms with Gasteiger partial charge in [0.05, 0.1) is 35.6 Å². The molecule has 15 heteroatoms. The lowest BCUT2D eigenvalue weighted by atomic mass is 9.85. The molecule has 0 radical (unpaired) electrons. The van der Waals surface area contributed by atoms with Crippen molar-refractivity contribution >= 4 is 35.1 Å². The molecular formula is C42H47N3O12. The van der Waals surface area contributed by atoms with Gasteiger partial charge in [0.15, 0.2) is 6.61 Å². The fourth-order valence-electron chi connectivity index (χ4n) is 6.77. The van der Waals surface area contributed by atoms with Crippen LogP contribution in [-0.2, 0) is 53.7 Å². The Morgan fingerprint density at radius 1 is 0.877 bits per heavy atom. The van der Waals surface area contributed by atoms with Gasteiger partial charge in [0.2, 0.25) is 5.60 Å². The number of amides is 1. The van der Waals surface area contributed by atoms with Crippen molar-refractivity contribution in [2.45, 2.75) is 98.2 Å². The summed E-state index contributed by atoms with van der Waals surface area (Å²) in [5.41, 5.74) is 0.188. The lowest BCUT2D eigenvalue weighted by molar-refractivity contribution is -0.190. The minimum absolute atomic E-state index is 0.0130. The lowest BCUT2D eigenvalue weighted by Crippen LogP contribution is -2.48. The minimum atomic E-state index is -1.91. The van der Waals surface area contributed by atoms with Crippen molar-refractivity contribution in [3.05, 3.63) is 81.1 Å². The number of carbonyl (C=O) groups excluding carboxylic acids is 4.